The summed E-state index contributed by atoms with van der Waals surface area (Å²) in [5.41, 5.74) is 0.305. The monoisotopic (exact) mass is 261 g/mol. The topological polar surface area (TPSA) is 47.6 Å². The fraction of sp³-hybridized carbons (Fsp3) is 0.533. The van der Waals surface area contributed by atoms with Gasteiger partial charge in [-0.05, 0) is 25.0 Å². The van der Waals surface area contributed by atoms with E-state index in [1.165, 1.54) is 6.42 Å². The lowest BCUT2D eigenvalue weighted by Crippen LogP contribution is -2.41. The number of methoxy groups -OCH3 is 1. The number of hydrogen-bond acceptors (Lipinski definition) is 3. The number of nitrogens with one attached hydrogen (secondary N) is 1. The number of hydrogen-bond donors (Lipinski definition) is 1. The Morgan fingerprint density at radius 2 is 2.05 bits per heavy atom. The Hall–Kier alpha value is -1.71. The molecule has 0 unspecified atom stereocenters. The van der Waals surface area contributed by atoms with Crippen molar-refractivity contribution in [2.24, 2.45) is 5.41 Å². The van der Waals surface area contributed by atoms with Crippen molar-refractivity contribution in [3.63, 3.8) is 0 Å². The third-order valence-electron chi connectivity index (χ3n) is 4.24. The lowest BCUT2D eigenvalue weighted by Gasteiger charge is -2.33. The van der Waals surface area contributed by atoms with Gasteiger partial charge in [0.25, 0.3) is 0 Å². The zero-order valence-electron chi connectivity index (χ0n) is 11.2. The molecule has 1 aromatic carbocycles. The van der Waals surface area contributed by atoms with Crippen molar-refractivity contribution in [3.05, 3.63) is 18.2 Å². The summed E-state index contributed by atoms with van der Waals surface area (Å²) in [6.07, 6.45) is 5.24. The van der Waals surface area contributed by atoms with Crippen LogP contribution in [0, 0.1) is 5.41 Å². The molecule has 1 amide bonds. The van der Waals surface area contributed by atoms with E-state index in [1.54, 1.807) is 7.11 Å². The molecule has 0 atom stereocenters. The van der Waals surface area contributed by atoms with Gasteiger partial charge in [0.1, 0.15) is 23.8 Å². The maximum atomic E-state index is 12.6. The highest BCUT2D eigenvalue weighted by Gasteiger charge is 2.42. The van der Waals surface area contributed by atoms with Crippen molar-refractivity contribution in [2.75, 3.05) is 19.0 Å². The summed E-state index contributed by atoms with van der Waals surface area (Å²) in [5.74, 6) is 1.43. The average molecular weight is 261 g/mol. The first-order chi connectivity index (χ1) is 9.25. The molecule has 3 rings (SSSR count). The van der Waals surface area contributed by atoms with Crippen LogP contribution < -0.4 is 14.8 Å². The number of rotatable bonds is 1. The van der Waals surface area contributed by atoms with Gasteiger partial charge in [0.15, 0.2) is 0 Å². The van der Waals surface area contributed by atoms with Crippen molar-refractivity contribution in [2.45, 2.75) is 32.1 Å². The van der Waals surface area contributed by atoms with Crippen LogP contribution in [0.3, 0.4) is 0 Å². The Morgan fingerprint density at radius 1 is 1.26 bits per heavy atom. The quantitative estimate of drug-likeness (QED) is 0.845. The Labute approximate surface area is 113 Å². The lowest BCUT2D eigenvalue weighted by molar-refractivity contribution is -0.128. The second-order valence-corrected chi connectivity index (χ2v) is 5.42. The van der Waals surface area contributed by atoms with E-state index < -0.39 is 0 Å². The van der Waals surface area contributed by atoms with Gasteiger partial charge >= 0.3 is 0 Å². The van der Waals surface area contributed by atoms with E-state index in [0.717, 1.165) is 25.7 Å². The van der Waals surface area contributed by atoms with Crippen molar-refractivity contribution in [1.82, 2.24) is 0 Å². The minimum absolute atomic E-state index is 0.0791. The molecular weight excluding hydrogens is 242 g/mol. The Morgan fingerprint density at radius 3 is 2.79 bits per heavy atom. The van der Waals surface area contributed by atoms with Gasteiger partial charge in [-0.2, -0.15) is 0 Å². The molecule has 1 spiro atoms. The van der Waals surface area contributed by atoms with Crippen LogP contribution in [0.4, 0.5) is 5.69 Å². The molecule has 1 N–H and O–H groups in total. The van der Waals surface area contributed by atoms with Gasteiger partial charge in [-0.3, -0.25) is 4.79 Å². The number of benzene rings is 1. The highest BCUT2D eigenvalue weighted by Crippen LogP contribution is 2.44. The van der Waals surface area contributed by atoms with E-state index in [9.17, 15) is 4.79 Å². The highest BCUT2D eigenvalue weighted by molar-refractivity contribution is 5.99. The molecule has 0 radical (unpaired) electrons. The van der Waals surface area contributed by atoms with Gasteiger partial charge in [0.2, 0.25) is 5.91 Å². The largest absolute Gasteiger partial charge is 0.494 e. The Balaban J connectivity index is 1.95. The molecule has 1 heterocycles. The number of para-hydroxylation sites is 1. The van der Waals surface area contributed by atoms with E-state index in [2.05, 4.69) is 5.32 Å². The molecule has 1 aromatic rings. The number of carbonyl (C=O) groups is 1. The summed E-state index contributed by atoms with van der Waals surface area (Å²) in [6.45, 7) is 0.471. The standard InChI is InChI=1S/C15H19NO3/c1-18-11-6-5-7-12-13(11)16-14(17)15(10-19-12)8-3-2-4-9-15/h5-7H,2-4,8-10H2,1H3,(H,16,17). The molecule has 1 aliphatic carbocycles. The van der Waals surface area contributed by atoms with Crippen LogP contribution in [0.25, 0.3) is 0 Å². The summed E-state index contributed by atoms with van der Waals surface area (Å²) in [4.78, 5) is 12.6. The van der Waals surface area contributed by atoms with Gasteiger partial charge in [0.05, 0.1) is 12.5 Å². The third-order valence-corrected chi connectivity index (χ3v) is 4.24. The van der Waals surface area contributed by atoms with Crippen LogP contribution in [0.15, 0.2) is 18.2 Å². The van der Waals surface area contributed by atoms with E-state index in [-0.39, 0.29) is 11.3 Å². The zero-order valence-corrected chi connectivity index (χ0v) is 11.2. The van der Waals surface area contributed by atoms with Crippen LogP contribution in [0.5, 0.6) is 11.5 Å². The van der Waals surface area contributed by atoms with Crippen LogP contribution in [0.2, 0.25) is 0 Å². The maximum absolute atomic E-state index is 12.6. The van der Waals surface area contributed by atoms with Crippen molar-refractivity contribution < 1.29 is 14.3 Å². The van der Waals surface area contributed by atoms with Gasteiger partial charge in [-0.1, -0.05) is 25.3 Å². The Kier molecular flexibility index (Phi) is 3.09. The summed E-state index contributed by atoms with van der Waals surface area (Å²) in [5, 5.41) is 3.01. The summed E-state index contributed by atoms with van der Waals surface area (Å²) < 4.78 is 11.2. The predicted molar refractivity (Wildman–Crippen MR) is 72.6 cm³/mol. The highest BCUT2D eigenvalue weighted by atomic mass is 16.5. The molecule has 0 aromatic heterocycles. The molecule has 2 aliphatic rings. The molecule has 102 valence electrons. The summed E-state index contributed by atoms with van der Waals surface area (Å²) >= 11 is 0. The number of fused-ring (bicyclic) bond motifs is 1. The second kappa shape index (κ2) is 4.76. The molecule has 0 saturated heterocycles. The summed E-state index contributed by atoms with van der Waals surface area (Å²) in [6, 6.07) is 5.59. The number of carbonyl (C=O) groups excluding carboxylic acids is 1. The van der Waals surface area contributed by atoms with E-state index >= 15 is 0 Å². The minimum atomic E-state index is -0.359. The van der Waals surface area contributed by atoms with Gasteiger partial charge in [0, 0.05) is 0 Å². The van der Waals surface area contributed by atoms with E-state index in [0.29, 0.717) is 23.8 Å². The van der Waals surface area contributed by atoms with Crippen molar-refractivity contribution in [3.8, 4) is 11.5 Å². The number of ether oxygens (including phenoxy) is 2. The maximum Gasteiger partial charge on any atom is 0.234 e. The third kappa shape index (κ3) is 2.05. The van der Waals surface area contributed by atoms with Crippen LogP contribution in [0.1, 0.15) is 32.1 Å². The fourth-order valence-electron chi connectivity index (χ4n) is 3.05. The normalized spacial score (nSPS) is 21.0. The molecule has 1 aliphatic heterocycles. The lowest BCUT2D eigenvalue weighted by atomic mass is 9.74. The smallest absolute Gasteiger partial charge is 0.234 e. The minimum Gasteiger partial charge on any atom is -0.494 e. The van der Waals surface area contributed by atoms with E-state index in [1.807, 2.05) is 18.2 Å². The fourth-order valence-corrected chi connectivity index (χ4v) is 3.05. The molecular formula is C15H19NO3. The summed E-state index contributed by atoms with van der Waals surface area (Å²) in [7, 11) is 1.60. The van der Waals surface area contributed by atoms with Crippen molar-refractivity contribution >= 4 is 11.6 Å². The van der Waals surface area contributed by atoms with Crippen LogP contribution in [-0.2, 0) is 4.79 Å². The SMILES string of the molecule is COc1cccc2c1NC(=O)C1(CCCCC1)CO2. The van der Waals surface area contributed by atoms with E-state index in [4.69, 9.17) is 9.47 Å². The number of anilines is 1. The first kappa shape index (κ1) is 12.3. The first-order valence-corrected chi connectivity index (χ1v) is 6.86. The molecule has 1 saturated carbocycles. The van der Waals surface area contributed by atoms with Crippen LogP contribution in [-0.4, -0.2) is 19.6 Å². The molecule has 4 nitrogen and oxygen atoms in total. The van der Waals surface area contributed by atoms with Crippen molar-refractivity contribution in [1.29, 1.82) is 0 Å². The first-order valence-electron chi connectivity index (χ1n) is 6.86. The van der Waals surface area contributed by atoms with Crippen LogP contribution >= 0.6 is 0 Å². The zero-order chi connectivity index (χ0) is 13.3. The molecule has 1 fully saturated rings. The second-order valence-electron chi connectivity index (χ2n) is 5.42. The average Bonchev–Trinajstić information content (AvgIpc) is 2.58. The van der Waals surface area contributed by atoms with Gasteiger partial charge in [-0.25, -0.2) is 0 Å². The molecule has 0 bridgehead atoms. The molecule has 19 heavy (non-hydrogen) atoms. The van der Waals surface area contributed by atoms with Gasteiger partial charge in [-0.15, -0.1) is 0 Å². The predicted octanol–water partition coefficient (Wildman–Crippen LogP) is 2.98. The number of amides is 1. The van der Waals surface area contributed by atoms with Gasteiger partial charge < -0.3 is 14.8 Å². The molecule has 4 heteroatoms. The Bertz CT molecular complexity index is 492.